The van der Waals surface area contributed by atoms with Crippen LogP contribution < -0.4 is 0 Å². The summed E-state index contributed by atoms with van der Waals surface area (Å²) in [6.07, 6.45) is 0. The predicted molar refractivity (Wildman–Crippen MR) is 248 cm³/mol. The van der Waals surface area contributed by atoms with Crippen molar-refractivity contribution in [3.8, 4) is 56.7 Å². The molecular weight excluding hydrogens is 731 g/mol. The lowest BCUT2D eigenvalue weighted by molar-refractivity contribution is 0.953. The van der Waals surface area contributed by atoms with Crippen molar-refractivity contribution in [1.29, 1.82) is 0 Å². The molecule has 0 radical (unpaired) electrons. The van der Waals surface area contributed by atoms with Gasteiger partial charge in [0.1, 0.15) is 0 Å². The molecule has 0 amide bonds. The van der Waals surface area contributed by atoms with Gasteiger partial charge in [-0.25, -0.2) is 4.98 Å². The Hall–Kier alpha value is -8.15. The summed E-state index contributed by atoms with van der Waals surface area (Å²) in [4.78, 5) is 15.9. The highest BCUT2D eigenvalue weighted by atomic mass is 15.2. The van der Waals surface area contributed by atoms with E-state index in [0.29, 0.717) is 17.6 Å². The molecule has 12 rings (SSSR count). The molecule has 0 saturated heterocycles. The lowest BCUT2D eigenvalue weighted by Crippen LogP contribution is -2.07. The number of benzene rings is 9. The van der Waals surface area contributed by atoms with Gasteiger partial charge in [0, 0.05) is 38.2 Å². The Morgan fingerprint density at radius 2 is 0.817 bits per heavy atom. The molecule has 0 fully saturated rings. The number of rotatable bonds is 6. The van der Waals surface area contributed by atoms with Crippen LogP contribution in [0.5, 0.6) is 0 Å². The first-order chi connectivity index (χ1) is 29.8. The zero-order valence-corrected chi connectivity index (χ0v) is 32.4. The summed E-state index contributed by atoms with van der Waals surface area (Å²) in [7, 11) is 0. The van der Waals surface area contributed by atoms with Crippen LogP contribution in [0.2, 0.25) is 0 Å². The van der Waals surface area contributed by atoms with Crippen LogP contribution in [0.15, 0.2) is 212 Å². The third-order valence-electron chi connectivity index (χ3n) is 11.8. The van der Waals surface area contributed by atoms with E-state index in [1.807, 2.05) is 18.2 Å². The largest absolute Gasteiger partial charge is 0.307 e. The fraction of sp³-hybridized carbons (Fsp3) is 0. The fourth-order valence-corrected chi connectivity index (χ4v) is 8.99. The zero-order chi connectivity index (χ0) is 39.6. The summed E-state index contributed by atoms with van der Waals surface area (Å²) < 4.78 is 4.74. The van der Waals surface area contributed by atoms with Gasteiger partial charge in [0.2, 0.25) is 5.95 Å². The number of nitrogens with zero attached hydrogens (tertiary/aromatic N) is 5. The Balaban J connectivity index is 1.23. The third-order valence-corrected chi connectivity index (χ3v) is 11.8. The molecule has 0 atom stereocenters. The van der Waals surface area contributed by atoms with Crippen LogP contribution in [0.1, 0.15) is 0 Å². The maximum Gasteiger partial charge on any atom is 0.238 e. The quantitative estimate of drug-likeness (QED) is 0.169. The molecule has 60 heavy (non-hydrogen) atoms. The number of para-hydroxylation sites is 2. The molecule has 0 aliphatic heterocycles. The molecule has 0 spiro atoms. The van der Waals surface area contributed by atoms with Gasteiger partial charge in [0.05, 0.1) is 27.8 Å². The van der Waals surface area contributed by atoms with Crippen LogP contribution >= 0.6 is 0 Å². The van der Waals surface area contributed by atoms with Gasteiger partial charge in [0.25, 0.3) is 0 Å². The Morgan fingerprint density at radius 3 is 1.50 bits per heavy atom. The van der Waals surface area contributed by atoms with Gasteiger partial charge in [0.15, 0.2) is 11.6 Å². The minimum Gasteiger partial charge on any atom is -0.307 e. The normalized spacial score (nSPS) is 11.7. The Morgan fingerprint density at radius 1 is 0.300 bits per heavy atom. The number of hydrogen-bond donors (Lipinski definition) is 0. The molecule has 0 aliphatic carbocycles. The average molecular weight is 766 g/mol. The van der Waals surface area contributed by atoms with E-state index in [-0.39, 0.29) is 0 Å². The molecule has 9 aromatic carbocycles. The number of fused-ring (bicyclic) bond motifs is 8. The zero-order valence-electron chi connectivity index (χ0n) is 32.4. The summed E-state index contributed by atoms with van der Waals surface area (Å²) in [6, 6.07) is 75.2. The smallest absolute Gasteiger partial charge is 0.238 e. The molecule has 5 heteroatoms. The van der Waals surface area contributed by atoms with E-state index >= 15 is 0 Å². The van der Waals surface area contributed by atoms with E-state index in [1.165, 1.54) is 16.3 Å². The van der Waals surface area contributed by atoms with Gasteiger partial charge in [-0.2, -0.15) is 9.97 Å². The minimum atomic E-state index is 0.559. The van der Waals surface area contributed by atoms with Gasteiger partial charge in [-0.15, -0.1) is 0 Å². The Kier molecular flexibility index (Phi) is 7.78. The molecule has 0 aliphatic rings. The summed E-state index contributed by atoms with van der Waals surface area (Å²) in [5.74, 6) is 1.79. The van der Waals surface area contributed by atoms with Crippen molar-refractivity contribution in [3.05, 3.63) is 212 Å². The molecule has 3 heterocycles. The van der Waals surface area contributed by atoms with Crippen LogP contribution in [0.4, 0.5) is 0 Å². The van der Waals surface area contributed by atoms with Gasteiger partial charge in [-0.1, -0.05) is 188 Å². The van der Waals surface area contributed by atoms with E-state index in [9.17, 15) is 0 Å². The van der Waals surface area contributed by atoms with Crippen LogP contribution in [0.3, 0.4) is 0 Å². The van der Waals surface area contributed by atoms with Crippen molar-refractivity contribution >= 4 is 54.4 Å². The Labute approximate surface area is 346 Å². The Bertz CT molecular complexity index is 3590. The van der Waals surface area contributed by atoms with Crippen molar-refractivity contribution in [2.75, 3.05) is 0 Å². The van der Waals surface area contributed by atoms with E-state index in [2.05, 4.69) is 203 Å². The highest BCUT2D eigenvalue weighted by Crippen LogP contribution is 2.44. The third kappa shape index (κ3) is 5.44. The molecule has 0 saturated carbocycles. The van der Waals surface area contributed by atoms with Crippen molar-refractivity contribution in [1.82, 2.24) is 24.1 Å². The van der Waals surface area contributed by atoms with E-state index in [1.54, 1.807) is 0 Å². The molecule has 0 N–H and O–H groups in total. The SMILES string of the molecule is c1ccc(-c2ccc(-c3ccccc3)c(-n3c4ccccc4c4ccc5c6ccccc6n(-c6nc(-c7ccccc7)nc(-c7ccc8ccccc8c7)n6)c5c43)c2)cc1. The van der Waals surface area contributed by atoms with Crippen LogP contribution in [-0.4, -0.2) is 24.1 Å². The maximum absolute atomic E-state index is 5.39. The topological polar surface area (TPSA) is 48.5 Å². The van der Waals surface area contributed by atoms with Crippen molar-refractivity contribution in [3.63, 3.8) is 0 Å². The number of aromatic nitrogens is 5. The average Bonchev–Trinajstić information content (AvgIpc) is 3.85. The molecule has 3 aromatic heterocycles. The van der Waals surface area contributed by atoms with E-state index in [4.69, 9.17) is 15.0 Å². The fourth-order valence-electron chi connectivity index (χ4n) is 8.99. The van der Waals surface area contributed by atoms with Gasteiger partial charge < -0.3 is 4.57 Å². The minimum absolute atomic E-state index is 0.559. The first kappa shape index (κ1) is 33.9. The highest BCUT2D eigenvalue weighted by molar-refractivity contribution is 6.24. The standard InChI is InChI=1S/C55H35N5/c1-4-16-36(17-5-1)41-30-31-43(38-19-6-2-7-20-38)50(35-41)59-48-26-14-12-24-44(48)46-32-33-47-45-25-13-15-27-49(45)60(52(47)51(46)59)55-57-53(39-21-8-3-9-22-39)56-54(58-55)42-29-28-37-18-10-11-23-40(37)34-42/h1-35H. The van der Waals surface area contributed by atoms with Gasteiger partial charge in [-0.05, 0) is 51.7 Å². The lowest BCUT2D eigenvalue weighted by Gasteiger charge is -2.17. The van der Waals surface area contributed by atoms with Crippen LogP contribution in [0, 0.1) is 0 Å². The first-order valence-corrected chi connectivity index (χ1v) is 20.3. The second kappa shape index (κ2) is 13.8. The second-order valence-electron chi connectivity index (χ2n) is 15.2. The number of hydrogen-bond acceptors (Lipinski definition) is 3. The summed E-state index contributed by atoms with van der Waals surface area (Å²) >= 11 is 0. The van der Waals surface area contributed by atoms with Crippen LogP contribution in [-0.2, 0) is 0 Å². The molecule has 5 nitrogen and oxygen atoms in total. The van der Waals surface area contributed by atoms with E-state index in [0.717, 1.165) is 77.1 Å². The summed E-state index contributed by atoms with van der Waals surface area (Å²) in [5, 5.41) is 6.88. The lowest BCUT2D eigenvalue weighted by atomic mass is 9.98. The highest BCUT2D eigenvalue weighted by Gasteiger charge is 2.25. The molecular formula is C55H35N5. The molecule has 12 aromatic rings. The van der Waals surface area contributed by atoms with Crippen molar-refractivity contribution < 1.29 is 0 Å². The van der Waals surface area contributed by atoms with Crippen molar-refractivity contribution in [2.45, 2.75) is 0 Å². The molecule has 0 unspecified atom stereocenters. The maximum atomic E-state index is 5.39. The summed E-state index contributed by atoms with van der Waals surface area (Å²) in [5.41, 5.74) is 11.8. The molecule has 0 bridgehead atoms. The van der Waals surface area contributed by atoms with Gasteiger partial charge in [-0.3, -0.25) is 4.57 Å². The monoisotopic (exact) mass is 765 g/mol. The summed E-state index contributed by atoms with van der Waals surface area (Å²) in [6.45, 7) is 0. The van der Waals surface area contributed by atoms with E-state index < -0.39 is 0 Å². The predicted octanol–water partition coefficient (Wildman–Crippen LogP) is 13.9. The van der Waals surface area contributed by atoms with Crippen LogP contribution in [0.25, 0.3) is 111 Å². The second-order valence-corrected chi connectivity index (χ2v) is 15.2. The molecule has 280 valence electrons. The first-order valence-electron chi connectivity index (χ1n) is 20.3. The van der Waals surface area contributed by atoms with Crippen molar-refractivity contribution in [2.24, 2.45) is 0 Å². The van der Waals surface area contributed by atoms with Gasteiger partial charge >= 0.3 is 0 Å².